The van der Waals surface area contributed by atoms with Gasteiger partial charge in [0.05, 0.1) is 17.6 Å². The number of nitrogens with one attached hydrogen (secondary N) is 1. The van der Waals surface area contributed by atoms with Gasteiger partial charge in [-0.05, 0) is 31.2 Å². The molecule has 0 amide bonds. The molecule has 0 radical (unpaired) electrons. The molecular formula is C13H17N3O3S. The number of para-hydroxylation sites is 1. The lowest BCUT2D eigenvalue weighted by Gasteiger charge is -2.17. The first-order valence-corrected chi connectivity index (χ1v) is 7.63. The number of primary sulfonamides is 1. The zero-order valence-corrected chi connectivity index (χ0v) is 11.9. The van der Waals surface area contributed by atoms with E-state index in [2.05, 4.69) is 5.32 Å². The van der Waals surface area contributed by atoms with Crippen LogP contribution in [-0.2, 0) is 16.4 Å². The van der Waals surface area contributed by atoms with Crippen LogP contribution in [0.5, 0.6) is 0 Å². The van der Waals surface area contributed by atoms with Gasteiger partial charge in [0.25, 0.3) is 0 Å². The summed E-state index contributed by atoms with van der Waals surface area (Å²) in [6.07, 6.45) is 2.27. The van der Waals surface area contributed by atoms with Crippen molar-refractivity contribution in [1.29, 1.82) is 0 Å². The number of benzene rings is 1. The van der Waals surface area contributed by atoms with E-state index in [1.54, 1.807) is 18.4 Å². The van der Waals surface area contributed by atoms with Gasteiger partial charge in [0.2, 0.25) is 10.0 Å². The molecule has 1 heterocycles. The van der Waals surface area contributed by atoms with E-state index in [0.717, 1.165) is 5.76 Å². The van der Waals surface area contributed by atoms with Crippen LogP contribution >= 0.6 is 0 Å². The van der Waals surface area contributed by atoms with Crippen LogP contribution in [0.2, 0.25) is 0 Å². The summed E-state index contributed by atoms with van der Waals surface area (Å²) in [7, 11) is -3.83. The highest BCUT2D eigenvalue weighted by Gasteiger charge is 2.16. The van der Waals surface area contributed by atoms with Crippen LogP contribution in [0.15, 0.2) is 45.9 Å². The summed E-state index contributed by atoms with van der Waals surface area (Å²) in [6.45, 7) is 1.95. The van der Waals surface area contributed by atoms with Gasteiger partial charge < -0.3 is 15.5 Å². The smallest absolute Gasteiger partial charge is 0.240 e. The fraction of sp³-hybridized carbons (Fsp3) is 0.231. The predicted octanol–water partition coefficient (Wildman–Crippen LogP) is 1.55. The van der Waals surface area contributed by atoms with Crippen molar-refractivity contribution >= 4 is 21.4 Å². The summed E-state index contributed by atoms with van der Waals surface area (Å²) in [6, 6.07) is 8.41. The Morgan fingerprint density at radius 2 is 2.05 bits per heavy atom. The van der Waals surface area contributed by atoms with Crippen LogP contribution in [0.4, 0.5) is 11.4 Å². The van der Waals surface area contributed by atoms with Gasteiger partial charge in [-0.25, -0.2) is 13.6 Å². The van der Waals surface area contributed by atoms with E-state index in [9.17, 15) is 8.42 Å². The number of nitrogens with two attached hydrogens (primary N) is 2. The predicted molar refractivity (Wildman–Crippen MR) is 77.7 cm³/mol. The van der Waals surface area contributed by atoms with Crippen molar-refractivity contribution in [2.45, 2.75) is 24.3 Å². The highest BCUT2D eigenvalue weighted by molar-refractivity contribution is 7.89. The van der Waals surface area contributed by atoms with Crippen molar-refractivity contribution in [3.8, 4) is 0 Å². The van der Waals surface area contributed by atoms with Crippen molar-refractivity contribution in [2.24, 2.45) is 5.14 Å². The molecule has 0 aliphatic heterocycles. The third kappa shape index (κ3) is 3.31. The first-order valence-electron chi connectivity index (χ1n) is 6.08. The lowest BCUT2D eigenvalue weighted by atomic mass is 10.1. The summed E-state index contributed by atoms with van der Waals surface area (Å²) >= 11 is 0. The number of anilines is 2. The summed E-state index contributed by atoms with van der Waals surface area (Å²) in [5, 5.41) is 8.27. The number of rotatable bonds is 5. The van der Waals surface area contributed by atoms with Gasteiger partial charge in [-0.1, -0.05) is 6.07 Å². The monoisotopic (exact) mass is 295 g/mol. The summed E-state index contributed by atoms with van der Waals surface area (Å²) < 4.78 is 28.1. The SMILES string of the molecule is CC(Cc1ccco1)Nc1cccc(S(N)(=O)=O)c1N. The van der Waals surface area contributed by atoms with Gasteiger partial charge in [0.1, 0.15) is 10.7 Å². The molecule has 1 atom stereocenters. The normalized spacial score (nSPS) is 13.1. The zero-order chi connectivity index (χ0) is 14.8. The minimum Gasteiger partial charge on any atom is -0.469 e. The highest BCUT2D eigenvalue weighted by atomic mass is 32.2. The Hall–Kier alpha value is -1.99. The van der Waals surface area contributed by atoms with E-state index >= 15 is 0 Å². The molecule has 0 saturated heterocycles. The molecule has 0 aliphatic carbocycles. The molecule has 1 unspecified atom stereocenters. The fourth-order valence-corrected chi connectivity index (χ4v) is 2.65. The minimum absolute atomic E-state index is 0.0270. The molecule has 1 aromatic carbocycles. The standard InChI is InChI=1S/C13H17N3O3S/c1-9(8-10-4-3-7-19-10)16-11-5-2-6-12(13(11)14)20(15,17)18/h2-7,9,16H,8,14H2,1H3,(H2,15,17,18). The van der Waals surface area contributed by atoms with E-state index in [0.29, 0.717) is 12.1 Å². The topological polar surface area (TPSA) is 111 Å². The Labute approximate surface area is 117 Å². The molecule has 6 nitrogen and oxygen atoms in total. The summed E-state index contributed by atoms with van der Waals surface area (Å²) in [4.78, 5) is -0.0762. The highest BCUT2D eigenvalue weighted by Crippen LogP contribution is 2.26. The molecule has 5 N–H and O–H groups in total. The van der Waals surface area contributed by atoms with Gasteiger partial charge in [0.15, 0.2) is 0 Å². The third-order valence-corrected chi connectivity index (χ3v) is 3.83. The fourth-order valence-electron chi connectivity index (χ4n) is 1.96. The van der Waals surface area contributed by atoms with E-state index in [1.165, 1.54) is 6.07 Å². The first kappa shape index (κ1) is 14.4. The van der Waals surface area contributed by atoms with Crippen molar-refractivity contribution in [3.63, 3.8) is 0 Å². The maximum absolute atomic E-state index is 11.4. The number of nitrogen functional groups attached to an aromatic ring is 1. The van der Waals surface area contributed by atoms with E-state index in [4.69, 9.17) is 15.3 Å². The second-order valence-corrected chi connectivity index (χ2v) is 6.12. The van der Waals surface area contributed by atoms with Crippen LogP contribution in [-0.4, -0.2) is 14.5 Å². The van der Waals surface area contributed by atoms with Crippen LogP contribution in [0, 0.1) is 0 Å². The molecule has 2 aromatic rings. The second kappa shape index (κ2) is 5.56. The zero-order valence-electron chi connectivity index (χ0n) is 11.0. The molecule has 20 heavy (non-hydrogen) atoms. The molecule has 0 fully saturated rings. The third-order valence-electron chi connectivity index (χ3n) is 2.86. The molecule has 7 heteroatoms. The van der Waals surface area contributed by atoms with Crippen molar-refractivity contribution in [2.75, 3.05) is 11.1 Å². The van der Waals surface area contributed by atoms with Gasteiger partial charge >= 0.3 is 0 Å². The molecule has 2 rings (SSSR count). The lowest BCUT2D eigenvalue weighted by Crippen LogP contribution is -2.20. The Balaban J connectivity index is 2.17. The lowest BCUT2D eigenvalue weighted by molar-refractivity contribution is 0.498. The van der Waals surface area contributed by atoms with Crippen molar-refractivity contribution < 1.29 is 12.8 Å². The van der Waals surface area contributed by atoms with Gasteiger partial charge in [-0.2, -0.15) is 0 Å². The first-order chi connectivity index (χ1) is 9.38. The summed E-state index contributed by atoms with van der Waals surface area (Å²) in [5.74, 6) is 0.839. The van der Waals surface area contributed by atoms with Crippen molar-refractivity contribution in [3.05, 3.63) is 42.4 Å². The molecule has 1 aromatic heterocycles. The number of hydrogen-bond donors (Lipinski definition) is 3. The molecule has 0 saturated carbocycles. The minimum atomic E-state index is -3.83. The Morgan fingerprint density at radius 3 is 2.65 bits per heavy atom. The molecule has 0 bridgehead atoms. The second-order valence-electron chi connectivity index (χ2n) is 4.59. The number of furan rings is 1. The maximum Gasteiger partial charge on any atom is 0.240 e. The van der Waals surface area contributed by atoms with Crippen LogP contribution < -0.4 is 16.2 Å². The average Bonchev–Trinajstić information content (AvgIpc) is 2.83. The molecule has 108 valence electrons. The van der Waals surface area contributed by atoms with Crippen molar-refractivity contribution in [1.82, 2.24) is 0 Å². The molecule has 0 spiro atoms. The molecular weight excluding hydrogens is 278 g/mol. The van der Waals surface area contributed by atoms with E-state index in [-0.39, 0.29) is 16.6 Å². The van der Waals surface area contributed by atoms with Crippen LogP contribution in [0.25, 0.3) is 0 Å². The average molecular weight is 295 g/mol. The molecule has 0 aliphatic rings. The van der Waals surface area contributed by atoms with Gasteiger partial charge in [-0.15, -0.1) is 0 Å². The van der Waals surface area contributed by atoms with Crippen LogP contribution in [0.3, 0.4) is 0 Å². The van der Waals surface area contributed by atoms with Gasteiger partial charge in [0, 0.05) is 12.5 Å². The maximum atomic E-state index is 11.4. The number of hydrogen-bond acceptors (Lipinski definition) is 5. The quantitative estimate of drug-likeness (QED) is 0.725. The Kier molecular flexibility index (Phi) is 4.01. The largest absolute Gasteiger partial charge is 0.469 e. The number of sulfonamides is 1. The summed E-state index contributed by atoms with van der Waals surface area (Å²) in [5.41, 5.74) is 6.51. The van der Waals surface area contributed by atoms with E-state index < -0.39 is 10.0 Å². The van der Waals surface area contributed by atoms with Gasteiger partial charge in [-0.3, -0.25) is 0 Å². The Bertz CT molecular complexity index is 681. The van der Waals surface area contributed by atoms with Crippen LogP contribution in [0.1, 0.15) is 12.7 Å². The van der Waals surface area contributed by atoms with E-state index in [1.807, 2.05) is 19.1 Å². The Morgan fingerprint density at radius 1 is 1.30 bits per heavy atom.